The lowest BCUT2D eigenvalue weighted by Gasteiger charge is -2.17. The van der Waals surface area contributed by atoms with E-state index >= 15 is 0 Å². The first-order chi connectivity index (χ1) is 12.9. The van der Waals surface area contributed by atoms with Crippen LogP contribution in [0.25, 0.3) is 0 Å². The monoisotopic (exact) mass is 391 g/mol. The normalized spacial score (nSPS) is 10.3. The number of rotatable bonds is 8. The number of hydrogen-bond acceptors (Lipinski definition) is 7. The van der Waals surface area contributed by atoms with Crippen molar-refractivity contribution >= 4 is 35.4 Å². The maximum Gasteiger partial charge on any atom is 0.337 e. The summed E-state index contributed by atoms with van der Waals surface area (Å²) in [5.74, 6) is 0.540. The molecular weight excluding hydrogens is 370 g/mol. The zero-order valence-corrected chi connectivity index (χ0v) is 16.2. The molecule has 0 aliphatic heterocycles. The number of ether oxygens (including phenoxy) is 1. The number of nitrogens with one attached hydrogen (secondary N) is 1. The van der Waals surface area contributed by atoms with Gasteiger partial charge < -0.3 is 19.5 Å². The van der Waals surface area contributed by atoms with Crippen LogP contribution in [-0.2, 0) is 20.9 Å². The van der Waals surface area contributed by atoms with Crippen LogP contribution in [0.2, 0.25) is 0 Å². The number of esters is 1. The van der Waals surface area contributed by atoms with E-state index in [1.54, 1.807) is 49.2 Å². The van der Waals surface area contributed by atoms with E-state index in [2.05, 4.69) is 15.2 Å². The molecule has 0 radical (unpaired) electrons. The molecule has 1 heterocycles. The number of aryl methyl sites for hydroxylation is 1. The van der Waals surface area contributed by atoms with E-state index in [1.807, 2.05) is 0 Å². The van der Waals surface area contributed by atoms with Crippen molar-refractivity contribution in [3.63, 3.8) is 0 Å². The SMILES string of the molecule is COC(=O)c1ccc(CN(C)C(=O)CSCC(=O)Nc2cc(C)on2)cc1. The molecule has 9 heteroatoms. The van der Waals surface area contributed by atoms with Gasteiger partial charge in [-0.15, -0.1) is 11.8 Å². The van der Waals surface area contributed by atoms with Crippen LogP contribution in [0.5, 0.6) is 0 Å². The van der Waals surface area contributed by atoms with Gasteiger partial charge >= 0.3 is 5.97 Å². The molecular formula is C18H21N3O5S. The van der Waals surface area contributed by atoms with E-state index < -0.39 is 5.97 Å². The molecule has 2 aromatic rings. The smallest absolute Gasteiger partial charge is 0.337 e. The minimum atomic E-state index is -0.401. The summed E-state index contributed by atoms with van der Waals surface area (Å²) in [6.07, 6.45) is 0. The van der Waals surface area contributed by atoms with Gasteiger partial charge in [-0.05, 0) is 24.6 Å². The first-order valence-electron chi connectivity index (χ1n) is 8.11. The maximum absolute atomic E-state index is 12.2. The zero-order chi connectivity index (χ0) is 19.8. The Morgan fingerprint density at radius 1 is 1.22 bits per heavy atom. The highest BCUT2D eigenvalue weighted by atomic mass is 32.2. The summed E-state index contributed by atoms with van der Waals surface area (Å²) in [6.45, 7) is 2.14. The number of methoxy groups -OCH3 is 1. The van der Waals surface area contributed by atoms with Crippen molar-refractivity contribution in [2.75, 3.05) is 31.0 Å². The van der Waals surface area contributed by atoms with Crippen LogP contribution in [0.15, 0.2) is 34.9 Å². The summed E-state index contributed by atoms with van der Waals surface area (Å²) in [5, 5.41) is 6.27. The molecule has 27 heavy (non-hydrogen) atoms. The highest BCUT2D eigenvalue weighted by molar-refractivity contribution is 8.00. The largest absolute Gasteiger partial charge is 0.465 e. The standard InChI is InChI=1S/C18H21N3O5S/c1-12-8-15(20-26-12)19-16(22)10-27-11-17(23)21(2)9-13-4-6-14(7-5-13)18(24)25-3/h4-8H,9-11H2,1-3H3,(H,19,20,22). The van der Waals surface area contributed by atoms with Crippen LogP contribution in [-0.4, -0.2) is 53.5 Å². The second-order valence-corrected chi connectivity index (χ2v) is 6.79. The van der Waals surface area contributed by atoms with E-state index in [1.165, 1.54) is 18.9 Å². The van der Waals surface area contributed by atoms with Crippen LogP contribution in [0.1, 0.15) is 21.7 Å². The van der Waals surface area contributed by atoms with Gasteiger partial charge in [0.05, 0.1) is 24.2 Å². The van der Waals surface area contributed by atoms with Gasteiger partial charge in [0, 0.05) is 19.7 Å². The van der Waals surface area contributed by atoms with Crippen LogP contribution in [0.4, 0.5) is 5.82 Å². The molecule has 2 amide bonds. The molecule has 1 N–H and O–H groups in total. The number of nitrogens with zero attached hydrogens (tertiary/aromatic N) is 2. The Hall–Kier alpha value is -2.81. The third-order valence-corrected chi connectivity index (χ3v) is 4.49. The molecule has 0 atom stereocenters. The van der Waals surface area contributed by atoms with Gasteiger partial charge in [-0.25, -0.2) is 4.79 Å². The first-order valence-corrected chi connectivity index (χ1v) is 9.26. The van der Waals surface area contributed by atoms with E-state index in [-0.39, 0.29) is 23.3 Å². The molecule has 144 valence electrons. The van der Waals surface area contributed by atoms with Crippen molar-refractivity contribution in [2.45, 2.75) is 13.5 Å². The number of benzene rings is 1. The van der Waals surface area contributed by atoms with Gasteiger partial charge in [-0.2, -0.15) is 0 Å². The Morgan fingerprint density at radius 3 is 2.52 bits per heavy atom. The zero-order valence-electron chi connectivity index (χ0n) is 15.4. The highest BCUT2D eigenvalue weighted by Crippen LogP contribution is 2.11. The van der Waals surface area contributed by atoms with Gasteiger partial charge in [0.2, 0.25) is 11.8 Å². The lowest BCUT2D eigenvalue weighted by molar-refractivity contribution is -0.127. The van der Waals surface area contributed by atoms with Gasteiger partial charge in [-0.1, -0.05) is 17.3 Å². The number of carbonyl (C=O) groups is 3. The molecule has 0 fully saturated rings. The Kier molecular flexibility index (Phi) is 7.42. The Morgan fingerprint density at radius 2 is 1.93 bits per heavy atom. The summed E-state index contributed by atoms with van der Waals surface area (Å²) >= 11 is 1.22. The molecule has 0 aliphatic carbocycles. The Labute approximate surface area is 161 Å². The van der Waals surface area contributed by atoms with Crippen molar-refractivity contribution < 1.29 is 23.6 Å². The van der Waals surface area contributed by atoms with Crippen LogP contribution in [0.3, 0.4) is 0 Å². The van der Waals surface area contributed by atoms with Crippen molar-refractivity contribution in [3.8, 4) is 0 Å². The average molecular weight is 391 g/mol. The van der Waals surface area contributed by atoms with Crippen LogP contribution in [0, 0.1) is 6.92 Å². The van der Waals surface area contributed by atoms with Crippen LogP contribution < -0.4 is 5.32 Å². The van der Waals surface area contributed by atoms with Gasteiger partial charge in [-0.3, -0.25) is 9.59 Å². The quantitative estimate of drug-likeness (QED) is 0.688. The third kappa shape index (κ3) is 6.45. The number of anilines is 1. The van der Waals surface area contributed by atoms with Crippen molar-refractivity contribution in [1.82, 2.24) is 10.1 Å². The number of amides is 2. The van der Waals surface area contributed by atoms with E-state index in [9.17, 15) is 14.4 Å². The molecule has 0 aliphatic rings. The van der Waals surface area contributed by atoms with Crippen molar-refractivity contribution in [2.24, 2.45) is 0 Å². The molecule has 0 bridgehead atoms. The average Bonchev–Trinajstić information content (AvgIpc) is 3.06. The fourth-order valence-corrected chi connectivity index (χ4v) is 2.93. The fraction of sp³-hybridized carbons (Fsp3) is 0.333. The van der Waals surface area contributed by atoms with Crippen molar-refractivity contribution in [3.05, 3.63) is 47.2 Å². The highest BCUT2D eigenvalue weighted by Gasteiger charge is 2.12. The second kappa shape index (κ2) is 9.77. The van der Waals surface area contributed by atoms with E-state index in [4.69, 9.17) is 4.52 Å². The summed E-state index contributed by atoms with van der Waals surface area (Å²) in [4.78, 5) is 37.0. The minimum absolute atomic E-state index is 0.0953. The molecule has 0 spiro atoms. The maximum atomic E-state index is 12.2. The lowest BCUT2D eigenvalue weighted by Crippen LogP contribution is -2.28. The molecule has 1 aromatic heterocycles. The summed E-state index contributed by atoms with van der Waals surface area (Å²) in [7, 11) is 3.02. The summed E-state index contributed by atoms with van der Waals surface area (Å²) in [5.41, 5.74) is 1.35. The number of carbonyl (C=O) groups excluding carboxylic acids is 3. The van der Waals surface area contributed by atoms with Crippen LogP contribution >= 0.6 is 11.8 Å². The molecule has 8 nitrogen and oxygen atoms in total. The van der Waals surface area contributed by atoms with Gasteiger partial charge in [0.25, 0.3) is 0 Å². The molecule has 0 saturated heterocycles. The van der Waals surface area contributed by atoms with Crippen molar-refractivity contribution in [1.29, 1.82) is 0 Å². The topological polar surface area (TPSA) is 102 Å². The third-order valence-electron chi connectivity index (χ3n) is 3.57. The predicted molar refractivity (Wildman–Crippen MR) is 101 cm³/mol. The minimum Gasteiger partial charge on any atom is -0.465 e. The lowest BCUT2D eigenvalue weighted by atomic mass is 10.1. The molecule has 2 rings (SSSR count). The number of aromatic nitrogens is 1. The molecule has 0 unspecified atom stereocenters. The number of hydrogen-bond donors (Lipinski definition) is 1. The van der Waals surface area contributed by atoms with E-state index in [0.29, 0.717) is 23.7 Å². The predicted octanol–water partition coefficient (Wildman–Crippen LogP) is 2.10. The summed E-state index contributed by atoms with van der Waals surface area (Å²) < 4.78 is 9.51. The fourth-order valence-electron chi connectivity index (χ4n) is 2.17. The Balaban J connectivity index is 1.73. The Bertz CT molecular complexity index is 804. The summed E-state index contributed by atoms with van der Waals surface area (Å²) in [6, 6.07) is 8.48. The molecule has 0 saturated carbocycles. The van der Waals surface area contributed by atoms with Gasteiger partial charge in [0.15, 0.2) is 5.82 Å². The molecule has 1 aromatic carbocycles. The first kappa shape index (κ1) is 20.5. The van der Waals surface area contributed by atoms with E-state index in [0.717, 1.165) is 5.56 Å². The number of thioether (sulfide) groups is 1. The second-order valence-electron chi connectivity index (χ2n) is 5.80. The van der Waals surface area contributed by atoms with Gasteiger partial charge in [0.1, 0.15) is 5.76 Å².